The third-order valence-electron chi connectivity index (χ3n) is 1.61. The van der Waals surface area contributed by atoms with Gasteiger partial charge in [-0.15, -0.1) is 5.10 Å². The lowest BCUT2D eigenvalue weighted by atomic mass is 10.2. The van der Waals surface area contributed by atoms with Crippen LogP contribution in [0, 0.1) is 5.82 Å². The average Bonchev–Trinajstić information content (AvgIpc) is 2.07. The Balaban J connectivity index is 2.94. The molecule has 12 heavy (non-hydrogen) atoms. The molecule has 0 aliphatic heterocycles. The monoisotopic (exact) mass is 182 g/mol. The van der Waals surface area contributed by atoms with Crippen LogP contribution in [0.2, 0.25) is 5.15 Å². The van der Waals surface area contributed by atoms with Crippen LogP contribution in [0.3, 0.4) is 0 Å². The first-order valence-corrected chi connectivity index (χ1v) is 3.72. The molecule has 60 valence electrons. The van der Waals surface area contributed by atoms with Crippen LogP contribution in [-0.4, -0.2) is 10.2 Å². The standard InChI is InChI=1S/C8H4ClFN2/c9-8-5-2-1-3-7(10)6(5)4-11-12-8/h1-4H. The number of hydrogen-bond acceptors (Lipinski definition) is 2. The van der Waals surface area contributed by atoms with Gasteiger partial charge in [0.25, 0.3) is 0 Å². The summed E-state index contributed by atoms with van der Waals surface area (Å²) in [4.78, 5) is 0. The quantitative estimate of drug-likeness (QED) is 0.625. The second-order valence-electron chi connectivity index (χ2n) is 2.34. The lowest BCUT2D eigenvalue weighted by Gasteiger charge is -1.97. The average molecular weight is 183 g/mol. The van der Waals surface area contributed by atoms with Gasteiger partial charge in [-0.25, -0.2) is 4.39 Å². The smallest absolute Gasteiger partial charge is 0.159 e. The van der Waals surface area contributed by atoms with Crippen molar-refractivity contribution in [3.63, 3.8) is 0 Å². The molecule has 2 aromatic rings. The number of hydrogen-bond donors (Lipinski definition) is 0. The van der Waals surface area contributed by atoms with Gasteiger partial charge in [0.15, 0.2) is 5.15 Å². The summed E-state index contributed by atoms with van der Waals surface area (Å²) in [6, 6.07) is 4.65. The molecule has 4 heteroatoms. The van der Waals surface area contributed by atoms with Gasteiger partial charge in [0.1, 0.15) is 5.82 Å². The molecule has 0 aliphatic rings. The van der Waals surface area contributed by atoms with Crippen molar-refractivity contribution in [2.24, 2.45) is 0 Å². The Kier molecular flexibility index (Phi) is 1.66. The summed E-state index contributed by atoms with van der Waals surface area (Å²) in [7, 11) is 0. The minimum atomic E-state index is -0.329. The lowest BCUT2D eigenvalue weighted by molar-refractivity contribution is 0.639. The zero-order valence-corrected chi connectivity index (χ0v) is 6.72. The summed E-state index contributed by atoms with van der Waals surface area (Å²) in [5.41, 5.74) is 0. The van der Waals surface area contributed by atoms with Gasteiger partial charge in [-0.3, -0.25) is 0 Å². The van der Waals surface area contributed by atoms with Crippen molar-refractivity contribution in [3.8, 4) is 0 Å². The summed E-state index contributed by atoms with van der Waals surface area (Å²) in [6.45, 7) is 0. The third-order valence-corrected chi connectivity index (χ3v) is 1.89. The highest BCUT2D eigenvalue weighted by Crippen LogP contribution is 2.21. The molecule has 1 aromatic heterocycles. The number of nitrogens with zero attached hydrogens (tertiary/aromatic N) is 2. The van der Waals surface area contributed by atoms with Crippen LogP contribution in [0.25, 0.3) is 10.8 Å². The Bertz CT molecular complexity index is 389. The third kappa shape index (κ3) is 1.02. The van der Waals surface area contributed by atoms with E-state index in [2.05, 4.69) is 10.2 Å². The highest BCUT2D eigenvalue weighted by atomic mass is 35.5. The fraction of sp³-hybridized carbons (Fsp3) is 0. The van der Waals surface area contributed by atoms with Crippen LogP contribution >= 0.6 is 11.6 Å². The molecule has 0 N–H and O–H groups in total. The molecule has 0 fully saturated rings. The molecule has 2 rings (SSSR count). The summed E-state index contributed by atoms with van der Waals surface area (Å²) >= 11 is 5.69. The Labute approximate surface area is 73.0 Å². The molecular formula is C8H4ClFN2. The first-order chi connectivity index (χ1) is 5.79. The van der Waals surface area contributed by atoms with Crippen molar-refractivity contribution in [2.45, 2.75) is 0 Å². The first kappa shape index (κ1) is 7.43. The van der Waals surface area contributed by atoms with E-state index in [0.717, 1.165) is 0 Å². The van der Waals surface area contributed by atoms with E-state index in [4.69, 9.17) is 11.6 Å². The van der Waals surface area contributed by atoms with Gasteiger partial charge in [0.2, 0.25) is 0 Å². The van der Waals surface area contributed by atoms with Crippen LogP contribution < -0.4 is 0 Å². The molecule has 2 nitrogen and oxygen atoms in total. The molecule has 0 bridgehead atoms. The minimum Gasteiger partial charge on any atom is -0.206 e. The molecule has 0 atom stereocenters. The van der Waals surface area contributed by atoms with Crippen molar-refractivity contribution in [1.29, 1.82) is 0 Å². The highest BCUT2D eigenvalue weighted by Gasteiger charge is 2.03. The van der Waals surface area contributed by atoms with E-state index in [1.165, 1.54) is 12.3 Å². The Morgan fingerprint density at radius 2 is 2.08 bits per heavy atom. The van der Waals surface area contributed by atoms with E-state index < -0.39 is 0 Å². The molecule has 0 spiro atoms. The molecule has 0 saturated carbocycles. The van der Waals surface area contributed by atoms with Gasteiger partial charge in [-0.1, -0.05) is 23.7 Å². The van der Waals surface area contributed by atoms with Crippen LogP contribution in [0.1, 0.15) is 0 Å². The van der Waals surface area contributed by atoms with E-state index in [-0.39, 0.29) is 11.0 Å². The zero-order valence-electron chi connectivity index (χ0n) is 5.96. The molecule has 1 heterocycles. The normalized spacial score (nSPS) is 10.5. The maximum Gasteiger partial charge on any atom is 0.159 e. The van der Waals surface area contributed by atoms with Crippen LogP contribution in [0.4, 0.5) is 4.39 Å². The zero-order chi connectivity index (χ0) is 8.55. The number of fused-ring (bicyclic) bond motifs is 1. The Hall–Kier alpha value is -1.22. The lowest BCUT2D eigenvalue weighted by Crippen LogP contribution is -1.86. The summed E-state index contributed by atoms with van der Waals surface area (Å²) in [5, 5.41) is 8.37. The second-order valence-corrected chi connectivity index (χ2v) is 2.69. The number of aromatic nitrogens is 2. The van der Waals surface area contributed by atoms with Crippen molar-refractivity contribution in [1.82, 2.24) is 10.2 Å². The maximum absolute atomic E-state index is 13.0. The van der Waals surface area contributed by atoms with E-state index in [9.17, 15) is 4.39 Å². The van der Waals surface area contributed by atoms with Gasteiger partial charge in [-0.05, 0) is 6.07 Å². The predicted molar refractivity (Wildman–Crippen MR) is 44.5 cm³/mol. The minimum absolute atomic E-state index is 0.229. The largest absolute Gasteiger partial charge is 0.206 e. The van der Waals surface area contributed by atoms with E-state index in [1.807, 2.05) is 0 Å². The summed E-state index contributed by atoms with van der Waals surface area (Å²) < 4.78 is 13.0. The molecule has 0 radical (unpaired) electrons. The fourth-order valence-corrected chi connectivity index (χ4v) is 1.25. The number of halogens is 2. The van der Waals surface area contributed by atoms with E-state index >= 15 is 0 Å². The number of rotatable bonds is 0. The Morgan fingerprint density at radius 1 is 1.25 bits per heavy atom. The SMILES string of the molecule is Fc1cccc2c(Cl)nncc12. The predicted octanol–water partition coefficient (Wildman–Crippen LogP) is 2.42. The molecule has 0 amide bonds. The molecule has 1 aromatic carbocycles. The number of benzene rings is 1. The van der Waals surface area contributed by atoms with Gasteiger partial charge in [0.05, 0.1) is 6.20 Å². The molecule has 0 aliphatic carbocycles. The van der Waals surface area contributed by atoms with Crippen molar-refractivity contribution in [3.05, 3.63) is 35.4 Å². The van der Waals surface area contributed by atoms with Crippen LogP contribution in [0.15, 0.2) is 24.4 Å². The van der Waals surface area contributed by atoms with Crippen molar-refractivity contribution in [2.75, 3.05) is 0 Å². The van der Waals surface area contributed by atoms with Crippen molar-refractivity contribution >= 4 is 22.4 Å². The van der Waals surface area contributed by atoms with E-state index in [1.54, 1.807) is 12.1 Å². The molecular weight excluding hydrogens is 179 g/mol. The van der Waals surface area contributed by atoms with Gasteiger partial charge >= 0.3 is 0 Å². The second kappa shape index (κ2) is 2.68. The highest BCUT2D eigenvalue weighted by molar-refractivity contribution is 6.34. The van der Waals surface area contributed by atoms with E-state index in [0.29, 0.717) is 10.8 Å². The maximum atomic E-state index is 13.0. The van der Waals surface area contributed by atoms with Crippen LogP contribution in [-0.2, 0) is 0 Å². The Morgan fingerprint density at radius 3 is 2.83 bits per heavy atom. The summed E-state index contributed by atoms with van der Waals surface area (Å²) in [6.07, 6.45) is 1.36. The topological polar surface area (TPSA) is 25.8 Å². The molecule has 0 unspecified atom stereocenters. The van der Waals surface area contributed by atoms with Gasteiger partial charge in [-0.2, -0.15) is 5.10 Å². The fourth-order valence-electron chi connectivity index (χ4n) is 1.04. The van der Waals surface area contributed by atoms with Crippen molar-refractivity contribution < 1.29 is 4.39 Å². The van der Waals surface area contributed by atoms with Crippen LogP contribution in [0.5, 0.6) is 0 Å². The summed E-state index contributed by atoms with van der Waals surface area (Å²) in [5.74, 6) is -0.329. The van der Waals surface area contributed by atoms with Gasteiger partial charge in [0, 0.05) is 10.8 Å². The van der Waals surface area contributed by atoms with Gasteiger partial charge < -0.3 is 0 Å². The first-order valence-electron chi connectivity index (χ1n) is 3.34. The molecule has 0 saturated heterocycles.